The molecule has 0 aliphatic heterocycles. The Bertz CT molecular complexity index is 217. The maximum atomic E-state index is 5.27. The van der Waals surface area contributed by atoms with Gasteiger partial charge >= 0.3 is 0 Å². The fraction of sp³-hybridized carbons (Fsp3) is 1.00. The molecular formula is C17H35NO. The minimum absolute atomic E-state index is 0.759. The van der Waals surface area contributed by atoms with Crippen LogP contribution in [0.4, 0.5) is 0 Å². The predicted octanol–water partition coefficient (Wildman–Crippen LogP) is 4.10. The molecule has 1 rings (SSSR count). The molecule has 1 aliphatic rings. The molecule has 2 nitrogen and oxygen atoms in total. The summed E-state index contributed by atoms with van der Waals surface area (Å²) >= 11 is 0. The second-order valence-electron chi connectivity index (χ2n) is 6.87. The number of rotatable bonds is 8. The molecule has 0 spiro atoms. The average Bonchev–Trinajstić information content (AvgIpc) is 2.61. The van der Waals surface area contributed by atoms with Crippen molar-refractivity contribution in [2.75, 3.05) is 26.8 Å². The van der Waals surface area contributed by atoms with Crippen LogP contribution in [0, 0.1) is 23.7 Å². The molecule has 114 valence electrons. The summed E-state index contributed by atoms with van der Waals surface area (Å²) in [5.41, 5.74) is 0. The molecule has 1 N–H and O–H groups in total. The highest BCUT2D eigenvalue weighted by molar-refractivity contribution is 4.79. The molecule has 1 saturated carbocycles. The lowest BCUT2D eigenvalue weighted by Crippen LogP contribution is -2.33. The predicted molar refractivity (Wildman–Crippen MR) is 83.4 cm³/mol. The van der Waals surface area contributed by atoms with Crippen LogP contribution in [0.3, 0.4) is 0 Å². The van der Waals surface area contributed by atoms with E-state index in [2.05, 4.69) is 26.1 Å². The second kappa shape index (κ2) is 9.77. The minimum atomic E-state index is 0.759. The van der Waals surface area contributed by atoms with E-state index in [0.717, 1.165) is 36.8 Å². The van der Waals surface area contributed by atoms with Crippen LogP contribution >= 0.6 is 0 Å². The van der Waals surface area contributed by atoms with Gasteiger partial charge in [0.1, 0.15) is 0 Å². The molecule has 1 fully saturated rings. The standard InChI is InChI=1S/C17H35NO/c1-14(2)12-18-13-16-8-6-5-7-9-17(16)15(3)10-11-19-4/h14-18H,5-13H2,1-4H3. The Hall–Kier alpha value is -0.0800. The summed E-state index contributed by atoms with van der Waals surface area (Å²) in [6.45, 7) is 10.3. The van der Waals surface area contributed by atoms with Crippen molar-refractivity contribution in [3.8, 4) is 0 Å². The summed E-state index contributed by atoms with van der Waals surface area (Å²) in [5.74, 6) is 3.35. The smallest absolute Gasteiger partial charge is 0.0464 e. The third kappa shape index (κ3) is 6.76. The van der Waals surface area contributed by atoms with Gasteiger partial charge in [0.2, 0.25) is 0 Å². The van der Waals surface area contributed by atoms with Crippen molar-refractivity contribution in [2.45, 2.75) is 59.3 Å². The van der Waals surface area contributed by atoms with Crippen molar-refractivity contribution in [3.63, 3.8) is 0 Å². The largest absolute Gasteiger partial charge is 0.385 e. The zero-order valence-electron chi connectivity index (χ0n) is 13.6. The molecule has 0 bridgehead atoms. The van der Waals surface area contributed by atoms with E-state index < -0.39 is 0 Å². The van der Waals surface area contributed by atoms with Crippen LogP contribution in [0.25, 0.3) is 0 Å². The Morgan fingerprint density at radius 1 is 1.11 bits per heavy atom. The summed E-state index contributed by atoms with van der Waals surface area (Å²) < 4.78 is 5.27. The van der Waals surface area contributed by atoms with E-state index >= 15 is 0 Å². The van der Waals surface area contributed by atoms with Crippen molar-refractivity contribution < 1.29 is 4.74 Å². The van der Waals surface area contributed by atoms with Gasteiger partial charge in [-0.3, -0.25) is 0 Å². The van der Waals surface area contributed by atoms with Gasteiger partial charge in [-0.2, -0.15) is 0 Å². The number of methoxy groups -OCH3 is 1. The maximum absolute atomic E-state index is 5.27. The first-order valence-corrected chi connectivity index (χ1v) is 8.34. The second-order valence-corrected chi connectivity index (χ2v) is 6.87. The first-order valence-electron chi connectivity index (χ1n) is 8.34. The molecule has 0 aromatic carbocycles. The third-order valence-corrected chi connectivity index (χ3v) is 4.69. The molecular weight excluding hydrogens is 234 g/mol. The molecule has 1 aliphatic carbocycles. The fourth-order valence-corrected chi connectivity index (χ4v) is 3.49. The van der Waals surface area contributed by atoms with E-state index in [1.54, 1.807) is 0 Å². The van der Waals surface area contributed by atoms with Crippen molar-refractivity contribution >= 4 is 0 Å². The van der Waals surface area contributed by atoms with Gasteiger partial charge in [-0.15, -0.1) is 0 Å². The Labute approximate surface area is 120 Å². The molecule has 0 radical (unpaired) electrons. The average molecular weight is 269 g/mol. The van der Waals surface area contributed by atoms with Crippen molar-refractivity contribution in [3.05, 3.63) is 0 Å². The highest BCUT2D eigenvalue weighted by atomic mass is 16.5. The highest BCUT2D eigenvalue weighted by Crippen LogP contribution is 2.35. The van der Waals surface area contributed by atoms with Crippen LogP contribution in [-0.4, -0.2) is 26.8 Å². The zero-order chi connectivity index (χ0) is 14.1. The maximum Gasteiger partial charge on any atom is 0.0464 e. The molecule has 3 atom stereocenters. The zero-order valence-corrected chi connectivity index (χ0v) is 13.6. The van der Waals surface area contributed by atoms with Gasteiger partial charge in [0.25, 0.3) is 0 Å². The van der Waals surface area contributed by atoms with Crippen LogP contribution in [-0.2, 0) is 4.74 Å². The first kappa shape index (κ1) is 17.0. The summed E-state index contributed by atoms with van der Waals surface area (Å²) in [6.07, 6.45) is 8.38. The molecule has 0 aromatic heterocycles. The van der Waals surface area contributed by atoms with Gasteiger partial charge in [-0.05, 0) is 56.0 Å². The molecule has 2 heteroatoms. The van der Waals surface area contributed by atoms with E-state index in [0.29, 0.717) is 0 Å². The highest BCUT2D eigenvalue weighted by Gasteiger charge is 2.27. The van der Waals surface area contributed by atoms with E-state index in [9.17, 15) is 0 Å². The Morgan fingerprint density at radius 2 is 1.84 bits per heavy atom. The monoisotopic (exact) mass is 269 g/mol. The van der Waals surface area contributed by atoms with Crippen LogP contribution in [0.15, 0.2) is 0 Å². The van der Waals surface area contributed by atoms with Crippen LogP contribution < -0.4 is 5.32 Å². The molecule has 0 aromatic rings. The fourth-order valence-electron chi connectivity index (χ4n) is 3.49. The summed E-state index contributed by atoms with van der Waals surface area (Å²) in [5, 5.41) is 3.69. The number of ether oxygens (including phenoxy) is 1. The van der Waals surface area contributed by atoms with Gasteiger partial charge in [0.15, 0.2) is 0 Å². The van der Waals surface area contributed by atoms with Crippen LogP contribution in [0.1, 0.15) is 59.3 Å². The van der Waals surface area contributed by atoms with Crippen LogP contribution in [0.2, 0.25) is 0 Å². The van der Waals surface area contributed by atoms with E-state index in [1.807, 2.05) is 7.11 Å². The van der Waals surface area contributed by atoms with Gasteiger partial charge in [0, 0.05) is 13.7 Å². The lowest BCUT2D eigenvalue weighted by atomic mass is 9.78. The number of nitrogens with one attached hydrogen (secondary N) is 1. The SMILES string of the molecule is COCCC(C)C1CCCCCC1CNCC(C)C. The molecule has 3 unspecified atom stereocenters. The summed E-state index contributed by atoms with van der Waals surface area (Å²) in [6, 6.07) is 0. The summed E-state index contributed by atoms with van der Waals surface area (Å²) in [4.78, 5) is 0. The third-order valence-electron chi connectivity index (χ3n) is 4.69. The Balaban J connectivity index is 2.45. The van der Waals surface area contributed by atoms with E-state index in [-0.39, 0.29) is 0 Å². The van der Waals surface area contributed by atoms with Crippen LogP contribution in [0.5, 0.6) is 0 Å². The topological polar surface area (TPSA) is 21.3 Å². The Kier molecular flexibility index (Phi) is 8.72. The van der Waals surface area contributed by atoms with Crippen molar-refractivity contribution in [1.29, 1.82) is 0 Å². The minimum Gasteiger partial charge on any atom is -0.385 e. The lowest BCUT2D eigenvalue weighted by Gasteiger charge is -2.31. The quantitative estimate of drug-likeness (QED) is 0.670. The number of hydrogen-bond acceptors (Lipinski definition) is 2. The molecule has 0 saturated heterocycles. The van der Waals surface area contributed by atoms with E-state index in [1.165, 1.54) is 45.1 Å². The first-order chi connectivity index (χ1) is 9.15. The molecule has 0 heterocycles. The molecule has 0 amide bonds. The van der Waals surface area contributed by atoms with Gasteiger partial charge in [0.05, 0.1) is 0 Å². The van der Waals surface area contributed by atoms with Crippen molar-refractivity contribution in [1.82, 2.24) is 5.32 Å². The van der Waals surface area contributed by atoms with Gasteiger partial charge in [-0.25, -0.2) is 0 Å². The van der Waals surface area contributed by atoms with Crippen molar-refractivity contribution in [2.24, 2.45) is 23.7 Å². The lowest BCUT2D eigenvalue weighted by molar-refractivity contribution is 0.141. The molecule has 19 heavy (non-hydrogen) atoms. The normalized spacial score (nSPS) is 26.4. The van der Waals surface area contributed by atoms with Gasteiger partial charge < -0.3 is 10.1 Å². The summed E-state index contributed by atoms with van der Waals surface area (Å²) in [7, 11) is 1.82. The van der Waals surface area contributed by atoms with E-state index in [4.69, 9.17) is 4.74 Å². The Morgan fingerprint density at radius 3 is 2.53 bits per heavy atom. The van der Waals surface area contributed by atoms with Gasteiger partial charge in [-0.1, -0.05) is 40.0 Å². The number of hydrogen-bond donors (Lipinski definition) is 1.